The van der Waals surface area contributed by atoms with Crippen LogP contribution in [0.3, 0.4) is 0 Å². The Morgan fingerprint density at radius 2 is 1.82 bits per heavy atom. The third kappa shape index (κ3) is 40.1. The Morgan fingerprint density at radius 3 is 1.82 bits per heavy atom. The Morgan fingerprint density at radius 1 is 1.55 bits per heavy atom. The molecule has 11 heavy (non-hydrogen) atoms. The minimum absolute atomic E-state index is 0.132. The SMILES string of the molecule is CCCS(=O)(=O)O.O=S([O-])O. The van der Waals surface area contributed by atoms with E-state index in [1.54, 1.807) is 6.92 Å². The molecule has 0 spiro atoms. The van der Waals surface area contributed by atoms with Gasteiger partial charge in [0.25, 0.3) is 10.1 Å². The fourth-order valence-electron chi connectivity index (χ4n) is 0.258. The Labute approximate surface area is 67.5 Å². The Kier molecular flexibility index (Phi) is 8.23. The van der Waals surface area contributed by atoms with Crippen LogP contribution < -0.4 is 0 Å². The van der Waals surface area contributed by atoms with Crippen molar-refractivity contribution in [3.05, 3.63) is 0 Å². The van der Waals surface area contributed by atoms with E-state index in [-0.39, 0.29) is 5.75 Å². The van der Waals surface area contributed by atoms with Crippen molar-refractivity contribution >= 4 is 21.5 Å². The molecule has 0 fully saturated rings. The predicted molar refractivity (Wildman–Crippen MR) is 38.3 cm³/mol. The molecular weight excluding hydrogens is 196 g/mol. The fraction of sp³-hybridized carbons (Fsp3) is 1.00. The summed E-state index contributed by atoms with van der Waals surface area (Å²) in [6, 6.07) is 0. The van der Waals surface area contributed by atoms with Crippen LogP contribution in [0.1, 0.15) is 13.3 Å². The van der Waals surface area contributed by atoms with Gasteiger partial charge in [0, 0.05) is 0 Å². The zero-order valence-electron chi connectivity index (χ0n) is 5.76. The van der Waals surface area contributed by atoms with Crippen LogP contribution in [-0.2, 0) is 21.5 Å². The van der Waals surface area contributed by atoms with Crippen LogP contribution in [0.2, 0.25) is 0 Å². The summed E-state index contributed by atoms with van der Waals surface area (Å²) >= 11 is -2.86. The van der Waals surface area contributed by atoms with Crippen LogP contribution in [-0.4, -0.2) is 32.0 Å². The van der Waals surface area contributed by atoms with Gasteiger partial charge in [-0.15, -0.1) is 0 Å². The molecule has 0 rings (SSSR count). The summed E-state index contributed by atoms with van der Waals surface area (Å²) in [4.78, 5) is 0. The summed E-state index contributed by atoms with van der Waals surface area (Å²) < 4.78 is 51.6. The van der Waals surface area contributed by atoms with Crippen LogP contribution in [0.25, 0.3) is 0 Å². The highest BCUT2D eigenvalue weighted by atomic mass is 32.2. The lowest BCUT2D eigenvalue weighted by Gasteiger charge is -1.85. The Balaban J connectivity index is 0. The molecule has 0 saturated carbocycles. The van der Waals surface area contributed by atoms with E-state index in [0.29, 0.717) is 6.42 Å². The molecule has 0 aromatic rings. The lowest BCUT2D eigenvalue weighted by atomic mass is 10.6. The maximum Gasteiger partial charge on any atom is 0.264 e. The maximum absolute atomic E-state index is 9.79. The summed E-state index contributed by atoms with van der Waals surface area (Å²) in [7, 11) is -3.67. The molecular formula is C3H9O6S2-. The van der Waals surface area contributed by atoms with Crippen LogP contribution in [0.4, 0.5) is 0 Å². The minimum atomic E-state index is -3.67. The average Bonchev–Trinajstić information content (AvgIpc) is 1.58. The van der Waals surface area contributed by atoms with Gasteiger partial charge in [-0.25, -0.2) is 4.21 Å². The van der Waals surface area contributed by atoms with E-state index < -0.39 is 21.5 Å². The summed E-state index contributed by atoms with van der Waals surface area (Å²) in [6.45, 7) is 1.69. The third-order valence-electron chi connectivity index (χ3n) is 0.462. The van der Waals surface area contributed by atoms with Crippen molar-refractivity contribution in [2.75, 3.05) is 5.75 Å². The zero-order chi connectivity index (χ0) is 9.49. The quantitative estimate of drug-likeness (QED) is 0.469. The molecule has 0 aromatic heterocycles. The topological polar surface area (TPSA) is 115 Å². The second kappa shape index (κ2) is 6.68. The molecule has 0 aliphatic heterocycles. The van der Waals surface area contributed by atoms with Gasteiger partial charge in [0.1, 0.15) is 0 Å². The van der Waals surface area contributed by atoms with E-state index in [1.807, 2.05) is 0 Å². The number of hydrogen-bond acceptors (Lipinski definition) is 4. The normalized spacial score (nSPS) is 13.1. The van der Waals surface area contributed by atoms with Crippen LogP contribution in [0.5, 0.6) is 0 Å². The molecule has 1 atom stereocenters. The van der Waals surface area contributed by atoms with Gasteiger partial charge in [-0.2, -0.15) is 8.42 Å². The molecule has 0 bridgehead atoms. The van der Waals surface area contributed by atoms with E-state index in [2.05, 4.69) is 0 Å². The monoisotopic (exact) mass is 205 g/mol. The molecule has 2 N–H and O–H groups in total. The van der Waals surface area contributed by atoms with Crippen LogP contribution in [0.15, 0.2) is 0 Å². The standard InChI is InChI=1S/C3H8O3S.H2O3S/c1-2-3-7(4,5)6;1-4(2)3/h2-3H2,1H3,(H,4,5,6);(H2,1,2,3)/p-1. The molecule has 0 radical (unpaired) electrons. The van der Waals surface area contributed by atoms with Gasteiger partial charge in [-0.1, -0.05) is 6.92 Å². The summed E-state index contributed by atoms with van der Waals surface area (Å²) in [6.07, 6.45) is 0.471. The highest BCUT2D eigenvalue weighted by Crippen LogP contribution is 1.83. The first-order valence-electron chi connectivity index (χ1n) is 2.53. The number of hydrogen-bond donors (Lipinski definition) is 2. The van der Waals surface area contributed by atoms with Crippen molar-refractivity contribution in [2.24, 2.45) is 0 Å². The second-order valence-corrected chi connectivity index (χ2v) is 3.51. The largest absolute Gasteiger partial charge is 0.750 e. The molecule has 0 aliphatic rings. The summed E-state index contributed by atoms with van der Waals surface area (Å²) in [5.41, 5.74) is 0. The van der Waals surface area contributed by atoms with E-state index in [9.17, 15) is 8.42 Å². The molecule has 0 aliphatic carbocycles. The highest BCUT2D eigenvalue weighted by Gasteiger charge is 1.98. The first-order chi connectivity index (χ1) is 4.79. The Hall–Kier alpha value is -0.0200. The molecule has 6 nitrogen and oxygen atoms in total. The summed E-state index contributed by atoms with van der Waals surface area (Å²) in [5, 5.41) is 0. The van der Waals surface area contributed by atoms with Crippen molar-refractivity contribution in [3.63, 3.8) is 0 Å². The van der Waals surface area contributed by atoms with Crippen molar-refractivity contribution < 1.29 is 26.3 Å². The van der Waals surface area contributed by atoms with E-state index in [0.717, 1.165) is 0 Å². The minimum Gasteiger partial charge on any atom is -0.750 e. The van der Waals surface area contributed by atoms with Crippen LogP contribution in [0, 0.1) is 0 Å². The average molecular weight is 205 g/mol. The molecule has 0 amide bonds. The van der Waals surface area contributed by atoms with Crippen molar-refractivity contribution in [1.29, 1.82) is 0 Å². The van der Waals surface area contributed by atoms with Gasteiger partial charge >= 0.3 is 0 Å². The summed E-state index contributed by atoms with van der Waals surface area (Å²) in [5.74, 6) is -0.132. The van der Waals surface area contributed by atoms with Crippen molar-refractivity contribution in [1.82, 2.24) is 0 Å². The highest BCUT2D eigenvalue weighted by molar-refractivity contribution is 7.85. The molecule has 0 heterocycles. The maximum atomic E-state index is 9.79. The fourth-order valence-corrected chi connectivity index (χ4v) is 0.774. The van der Waals surface area contributed by atoms with Gasteiger partial charge in [0.05, 0.1) is 17.1 Å². The first-order valence-corrected chi connectivity index (χ1v) is 5.17. The van der Waals surface area contributed by atoms with Gasteiger partial charge in [0.15, 0.2) is 0 Å². The van der Waals surface area contributed by atoms with Gasteiger partial charge < -0.3 is 9.11 Å². The zero-order valence-corrected chi connectivity index (χ0v) is 7.39. The smallest absolute Gasteiger partial charge is 0.264 e. The van der Waals surface area contributed by atoms with E-state index in [1.165, 1.54) is 0 Å². The molecule has 8 heteroatoms. The second-order valence-electron chi connectivity index (χ2n) is 1.50. The van der Waals surface area contributed by atoms with E-state index in [4.69, 9.17) is 17.9 Å². The molecule has 0 aromatic carbocycles. The van der Waals surface area contributed by atoms with E-state index >= 15 is 0 Å². The molecule has 0 saturated heterocycles. The third-order valence-corrected chi connectivity index (χ3v) is 1.39. The lowest BCUT2D eigenvalue weighted by Crippen LogP contribution is -2.01. The van der Waals surface area contributed by atoms with Crippen molar-refractivity contribution in [3.8, 4) is 0 Å². The predicted octanol–water partition coefficient (Wildman–Crippen LogP) is -0.377. The van der Waals surface area contributed by atoms with Gasteiger partial charge in [-0.3, -0.25) is 4.55 Å². The van der Waals surface area contributed by atoms with Gasteiger partial charge in [0.2, 0.25) is 0 Å². The number of rotatable bonds is 2. The molecule has 70 valence electrons. The van der Waals surface area contributed by atoms with Crippen LogP contribution >= 0.6 is 0 Å². The lowest BCUT2D eigenvalue weighted by molar-refractivity contribution is 0.436. The van der Waals surface area contributed by atoms with Gasteiger partial charge in [-0.05, 0) is 6.42 Å². The Bertz CT molecular complexity index is 190. The first kappa shape index (κ1) is 13.6. The molecule has 1 unspecified atom stereocenters. The van der Waals surface area contributed by atoms with Crippen molar-refractivity contribution in [2.45, 2.75) is 13.3 Å².